The number of hydrogen-bond acceptors (Lipinski definition) is 5. The largest absolute Gasteiger partial charge is 0.515 e. The van der Waals surface area contributed by atoms with E-state index >= 15 is 0 Å². The van der Waals surface area contributed by atoms with E-state index in [1.807, 2.05) is 0 Å². The van der Waals surface area contributed by atoms with Gasteiger partial charge >= 0.3 is 6.16 Å². The van der Waals surface area contributed by atoms with E-state index in [2.05, 4.69) is 39.6 Å². The molecule has 6 nitrogen and oxygen atoms in total. The maximum atomic E-state index is 10.6. The van der Waals surface area contributed by atoms with Gasteiger partial charge in [-0.2, -0.15) is 0 Å². The zero-order valence-electron chi connectivity index (χ0n) is 8.72. The highest BCUT2D eigenvalue weighted by molar-refractivity contribution is 7.80. The van der Waals surface area contributed by atoms with Gasteiger partial charge in [-0.25, -0.2) is 4.79 Å². The lowest BCUT2D eigenvalue weighted by atomic mass is 10.9. The molecule has 0 radical (unpaired) electrons. The summed E-state index contributed by atoms with van der Waals surface area (Å²) < 4.78 is 9.04. The Balaban J connectivity index is 0. The fraction of sp³-hybridized carbons (Fsp3) is 0.571. The van der Waals surface area contributed by atoms with Crippen LogP contribution in [0.15, 0.2) is 0 Å². The molecule has 8 heteroatoms. The van der Waals surface area contributed by atoms with Crippen LogP contribution in [-0.4, -0.2) is 47.2 Å². The van der Waals surface area contributed by atoms with Crippen LogP contribution in [-0.2, 0) is 9.47 Å². The van der Waals surface area contributed by atoms with Crippen LogP contribution in [0, 0.1) is 0 Å². The molecule has 0 heterocycles. The molecule has 0 aliphatic carbocycles. The topological polar surface area (TPSA) is 85.0 Å². The van der Waals surface area contributed by atoms with E-state index in [1.54, 1.807) is 21.0 Å². The first-order chi connectivity index (χ1) is 6.81. The normalized spacial score (nSPS) is 7.93. The van der Waals surface area contributed by atoms with Crippen molar-refractivity contribution >= 4 is 40.9 Å². The Hall–Kier alpha value is -1.15. The molecule has 0 unspecified atom stereocenters. The lowest BCUT2D eigenvalue weighted by Gasteiger charge is -2.11. The first-order valence-corrected chi connectivity index (χ1v) is 4.67. The van der Waals surface area contributed by atoms with Crippen molar-refractivity contribution in [1.29, 1.82) is 0 Å². The van der Waals surface area contributed by atoms with Gasteiger partial charge in [0.25, 0.3) is 10.3 Å². The Morgan fingerprint density at radius 1 is 1.47 bits per heavy atom. The van der Waals surface area contributed by atoms with Crippen molar-refractivity contribution < 1.29 is 19.4 Å². The summed E-state index contributed by atoms with van der Waals surface area (Å²) in [5.41, 5.74) is 4.40. The Bertz CT molecular complexity index is 229. The molecule has 15 heavy (non-hydrogen) atoms. The van der Waals surface area contributed by atoms with E-state index in [4.69, 9.17) is 5.11 Å². The first-order valence-electron chi connectivity index (χ1n) is 3.85. The van der Waals surface area contributed by atoms with Gasteiger partial charge in [-0.15, -0.1) is 0 Å². The van der Waals surface area contributed by atoms with Gasteiger partial charge in [-0.05, 0) is 31.4 Å². The Morgan fingerprint density at radius 2 is 1.87 bits per heavy atom. The number of aliphatic hydroxyl groups excluding tert-OH is 1. The molecule has 0 saturated carbocycles. The predicted octanol–water partition coefficient (Wildman–Crippen LogP) is 0.794. The second-order valence-electron chi connectivity index (χ2n) is 2.28. The first kappa shape index (κ1) is 16.3. The molecule has 0 saturated heterocycles. The average molecular weight is 254 g/mol. The molecular formula is C7H14N2O4S2. The van der Waals surface area contributed by atoms with Crippen LogP contribution >= 0.6 is 24.4 Å². The molecular weight excluding hydrogens is 240 g/mol. The van der Waals surface area contributed by atoms with Gasteiger partial charge in [0.2, 0.25) is 0 Å². The van der Waals surface area contributed by atoms with Crippen LogP contribution in [0.25, 0.3) is 0 Å². The fourth-order valence-corrected chi connectivity index (χ4v) is 0.378. The van der Waals surface area contributed by atoms with Gasteiger partial charge in [0, 0.05) is 14.1 Å². The fourth-order valence-electron chi connectivity index (χ4n) is 0.310. The molecule has 0 aliphatic heterocycles. The Morgan fingerprint density at radius 3 is 2.13 bits per heavy atom. The maximum absolute atomic E-state index is 10.6. The van der Waals surface area contributed by atoms with Crippen LogP contribution in [0.4, 0.5) is 4.79 Å². The minimum atomic E-state index is -0.758. The number of rotatable bonds is 1. The van der Waals surface area contributed by atoms with Crippen molar-refractivity contribution in [3.63, 3.8) is 0 Å². The lowest BCUT2D eigenvalue weighted by molar-refractivity contribution is 0.0966. The molecule has 0 fully saturated rings. The third-order valence-corrected chi connectivity index (χ3v) is 1.25. The van der Waals surface area contributed by atoms with E-state index in [0.29, 0.717) is 0 Å². The summed E-state index contributed by atoms with van der Waals surface area (Å²) in [6, 6.07) is 0. The number of hydrogen-bond donors (Lipinski definition) is 2. The summed E-state index contributed by atoms with van der Waals surface area (Å²) >= 11 is 8.54. The molecule has 0 rings (SSSR count). The zero-order valence-corrected chi connectivity index (χ0v) is 10.4. The quantitative estimate of drug-likeness (QED) is 0.525. The molecule has 0 amide bonds. The molecule has 3 N–H and O–H groups in total. The molecule has 0 atom stereocenters. The number of nitrogens with zero attached hydrogens (tertiary/aromatic N) is 1. The second kappa shape index (κ2) is 9.41. The van der Waals surface area contributed by atoms with E-state index in [-0.39, 0.29) is 11.8 Å². The molecule has 0 aliphatic rings. The van der Waals surface area contributed by atoms with Crippen LogP contribution in [0.2, 0.25) is 0 Å². The number of carbonyl (C=O) groups is 1. The molecule has 88 valence electrons. The van der Waals surface area contributed by atoms with Gasteiger partial charge in [0.05, 0.1) is 6.61 Å². The summed E-state index contributed by atoms with van der Waals surface area (Å²) in [6.07, 6.45) is -0.758. The molecule has 0 aromatic carbocycles. The van der Waals surface area contributed by atoms with E-state index in [1.165, 1.54) is 4.90 Å². The SMILES string of the molecule is CCOC(=O)OC(=S)N(C)C.NC(O)=S. The van der Waals surface area contributed by atoms with Crippen molar-refractivity contribution in [3.05, 3.63) is 0 Å². The van der Waals surface area contributed by atoms with Crippen molar-refractivity contribution in [2.75, 3.05) is 20.7 Å². The number of thiocarbonyl (C=S) groups is 2. The van der Waals surface area contributed by atoms with Gasteiger partial charge in [0.15, 0.2) is 0 Å². The molecule has 0 bridgehead atoms. The van der Waals surface area contributed by atoms with E-state index < -0.39 is 11.3 Å². The third-order valence-electron chi connectivity index (χ3n) is 0.798. The van der Waals surface area contributed by atoms with Crippen LogP contribution in [0.1, 0.15) is 6.92 Å². The van der Waals surface area contributed by atoms with Gasteiger partial charge in [0.1, 0.15) is 0 Å². The summed E-state index contributed by atoms with van der Waals surface area (Å²) in [5, 5.41) is 7.17. The van der Waals surface area contributed by atoms with Crippen molar-refractivity contribution in [2.45, 2.75) is 6.92 Å². The summed E-state index contributed by atoms with van der Waals surface area (Å²) in [5.74, 6) is 0. The summed E-state index contributed by atoms with van der Waals surface area (Å²) in [6.45, 7) is 1.98. The maximum Gasteiger partial charge on any atom is 0.515 e. The highest BCUT2D eigenvalue weighted by atomic mass is 32.1. The predicted molar refractivity (Wildman–Crippen MR) is 63.8 cm³/mol. The number of ether oxygens (including phenoxy) is 2. The highest BCUT2D eigenvalue weighted by Gasteiger charge is 2.07. The van der Waals surface area contributed by atoms with Gasteiger partial charge in [-0.3, -0.25) is 0 Å². The average Bonchev–Trinajstić information content (AvgIpc) is 2.02. The van der Waals surface area contributed by atoms with Crippen molar-refractivity contribution in [3.8, 4) is 0 Å². The standard InChI is InChI=1S/C6H11NO3S.CH3NOS/c1-4-9-6(8)10-5(11)7(2)3;2-1(3)4/h4H2,1-3H3;(H3,2,3,4). The van der Waals surface area contributed by atoms with Crippen molar-refractivity contribution in [2.24, 2.45) is 5.73 Å². The van der Waals surface area contributed by atoms with Crippen molar-refractivity contribution in [1.82, 2.24) is 4.90 Å². The van der Waals surface area contributed by atoms with Crippen LogP contribution in [0.5, 0.6) is 0 Å². The van der Waals surface area contributed by atoms with Crippen LogP contribution in [0.3, 0.4) is 0 Å². The Labute approximate surface area is 98.9 Å². The number of carbonyl (C=O) groups excluding carboxylic acids is 1. The third kappa shape index (κ3) is 15.6. The number of aliphatic hydroxyl groups is 1. The van der Waals surface area contributed by atoms with Gasteiger partial charge in [-0.1, -0.05) is 0 Å². The second-order valence-corrected chi connectivity index (χ2v) is 3.05. The number of nitrogens with two attached hydrogens (primary N) is 1. The minimum absolute atomic E-state index is 0.100. The smallest absolute Gasteiger partial charge is 0.487 e. The zero-order chi connectivity index (χ0) is 12.4. The molecule has 0 aromatic heterocycles. The molecule has 0 spiro atoms. The summed E-state index contributed by atoms with van der Waals surface area (Å²) in [7, 11) is 3.36. The van der Waals surface area contributed by atoms with E-state index in [9.17, 15) is 4.79 Å². The lowest BCUT2D eigenvalue weighted by Crippen LogP contribution is -2.25. The molecule has 0 aromatic rings. The summed E-state index contributed by atoms with van der Waals surface area (Å²) in [4.78, 5) is 12.1. The monoisotopic (exact) mass is 254 g/mol. The van der Waals surface area contributed by atoms with Gasteiger partial charge < -0.3 is 25.2 Å². The highest BCUT2D eigenvalue weighted by Crippen LogP contribution is 1.90. The Kier molecular flexibility index (Phi) is 10.2. The minimum Gasteiger partial charge on any atom is -0.487 e. The van der Waals surface area contributed by atoms with E-state index in [0.717, 1.165) is 0 Å². The van der Waals surface area contributed by atoms with Crippen LogP contribution < -0.4 is 5.73 Å².